The van der Waals surface area contributed by atoms with E-state index in [0.717, 1.165) is 50.4 Å². The van der Waals surface area contributed by atoms with Gasteiger partial charge in [0.05, 0.1) is 12.2 Å². The summed E-state index contributed by atoms with van der Waals surface area (Å²) in [5, 5.41) is 3.40. The van der Waals surface area contributed by atoms with Crippen molar-refractivity contribution in [2.45, 2.75) is 84.6 Å². The lowest BCUT2D eigenvalue weighted by molar-refractivity contribution is -0.0856. The summed E-state index contributed by atoms with van der Waals surface area (Å²) in [6, 6.07) is 9.18. The maximum Gasteiger partial charge on any atom is 0.272 e. The monoisotopic (exact) mass is 479 g/mol. The summed E-state index contributed by atoms with van der Waals surface area (Å²) in [7, 11) is 0. The molecule has 1 aromatic heterocycles. The van der Waals surface area contributed by atoms with Gasteiger partial charge in [0.25, 0.3) is 5.91 Å². The van der Waals surface area contributed by atoms with Gasteiger partial charge in [0.1, 0.15) is 17.8 Å². The van der Waals surface area contributed by atoms with Crippen LogP contribution in [0.5, 0.6) is 0 Å². The van der Waals surface area contributed by atoms with Gasteiger partial charge in [-0.15, -0.1) is 0 Å². The summed E-state index contributed by atoms with van der Waals surface area (Å²) in [6.07, 6.45) is 4.01. The van der Waals surface area contributed by atoms with Crippen molar-refractivity contribution in [3.05, 3.63) is 53.0 Å². The number of nitrogens with zero attached hydrogens (tertiary/aromatic N) is 4. The smallest absolute Gasteiger partial charge is 0.272 e. The van der Waals surface area contributed by atoms with Crippen LogP contribution in [-0.2, 0) is 16.7 Å². The van der Waals surface area contributed by atoms with Gasteiger partial charge in [0.2, 0.25) is 0 Å². The fraction of sp³-hybridized carbons (Fsp3) is 0.607. The molecule has 0 bridgehead atoms. The van der Waals surface area contributed by atoms with Crippen molar-refractivity contribution in [3.8, 4) is 0 Å². The highest BCUT2D eigenvalue weighted by atomic mass is 16.5. The van der Waals surface area contributed by atoms with Crippen molar-refractivity contribution >= 4 is 11.7 Å². The molecule has 2 aliphatic heterocycles. The predicted octanol–water partition coefficient (Wildman–Crippen LogP) is 4.41. The van der Waals surface area contributed by atoms with Crippen molar-refractivity contribution in [1.82, 2.24) is 19.8 Å². The first-order valence-electron chi connectivity index (χ1n) is 13.0. The molecule has 0 radical (unpaired) electrons. The minimum atomic E-state index is 0.00430. The Morgan fingerprint density at radius 2 is 1.69 bits per heavy atom. The van der Waals surface area contributed by atoms with Gasteiger partial charge in [-0.2, -0.15) is 0 Å². The van der Waals surface area contributed by atoms with Gasteiger partial charge >= 0.3 is 0 Å². The number of amides is 1. The van der Waals surface area contributed by atoms with Crippen molar-refractivity contribution in [2.24, 2.45) is 0 Å². The third kappa shape index (κ3) is 6.19. The number of aromatic nitrogens is 2. The summed E-state index contributed by atoms with van der Waals surface area (Å²) in [5.41, 5.74) is 3.93. The molecule has 0 saturated carbocycles. The third-order valence-electron chi connectivity index (χ3n) is 7.28. The topological polar surface area (TPSA) is 70.6 Å². The second-order valence-electron chi connectivity index (χ2n) is 11.2. The first-order chi connectivity index (χ1) is 16.6. The molecule has 0 spiro atoms. The number of likely N-dealkylation sites (tertiary alicyclic amines) is 1. The summed E-state index contributed by atoms with van der Waals surface area (Å²) >= 11 is 0. The highest BCUT2D eigenvalue weighted by Crippen LogP contribution is 2.25. The fourth-order valence-corrected chi connectivity index (χ4v) is 5.25. The van der Waals surface area contributed by atoms with Crippen LogP contribution in [0.15, 0.2) is 30.6 Å². The zero-order valence-electron chi connectivity index (χ0n) is 22.2. The molecule has 2 atom stereocenters. The van der Waals surface area contributed by atoms with Crippen molar-refractivity contribution < 1.29 is 9.53 Å². The van der Waals surface area contributed by atoms with Crippen LogP contribution in [0, 0.1) is 6.92 Å². The van der Waals surface area contributed by atoms with E-state index in [1.807, 2.05) is 11.8 Å². The number of carbonyl (C=O) groups is 1. The van der Waals surface area contributed by atoms with Gasteiger partial charge < -0.3 is 15.0 Å². The Bertz CT molecular complexity index is 999. The van der Waals surface area contributed by atoms with E-state index in [4.69, 9.17) is 4.74 Å². The molecule has 7 heteroatoms. The van der Waals surface area contributed by atoms with E-state index in [-0.39, 0.29) is 23.5 Å². The molecule has 2 saturated heterocycles. The van der Waals surface area contributed by atoms with Crippen LogP contribution in [0.1, 0.15) is 74.6 Å². The molecular weight excluding hydrogens is 438 g/mol. The number of nitrogens with one attached hydrogen (secondary N) is 1. The van der Waals surface area contributed by atoms with E-state index in [0.29, 0.717) is 18.3 Å². The molecule has 3 heterocycles. The highest BCUT2D eigenvalue weighted by Gasteiger charge is 2.32. The lowest BCUT2D eigenvalue weighted by atomic mass is 9.87. The summed E-state index contributed by atoms with van der Waals surface area (Å²) in [6.45, 7) is 17.0. The maximum atomic E-state index is 13.3. The van der Waals surface area contributed by atoms with Gasteiger partial charge in [0.15, 0.2) is 0 Å². The van der Waals surface area contributed by atoms with Gasteiger partial charge in [-0.05, 0) is 50.2 Å². The van der Waals surface area contributed by atoms with Crippen molar-refractivity contribution in [2.75, 3.05) is 31.5 Å². The molecule has 35 heavy (non-hydrogen) atoms. The average molecular weight is 480 g/mol. The Hall–Kier alpha value is -2.51. The summed E-state index contributed by atoms with van der Waals surface area (Å²) in [5.74, 6) is 0.721. The van der Waals surface area contributed by atoms with E-state index < -0.39 is 0 Å². The molecule has 7 nitrogen and oxygen atoms in total. The number of rotatable bonds is 5. The van der Waals surface area contributed by atoms with Crippen LogP contribution < -0.4 is 5.32 Å². The Labute approximate surface area is 210 Å². The molecule has 2 fully saturated rings. The van der Waals surface area contributed by atoms with Gasteiger partial charge in [-0.25, -0.2) is 9.97 Å². The van der Waals surface area contributed by atoms with E-state index in [1.165, 1.54) is 17.5 Å². The quantitative estimate of drug-likeness (QED) is 0.685. The molecule has 190 valence electrons. The lowest BCUT2D eigenvalue weighted by Gasteiger charge is -2.43. The fourth-order valence-electron chi connectivity index (χ4n) is 5.25. The van der Waals surface area contributed by atoms with E-state index in [2.05, 4.69) is 79.1 Å². The Balaban J connectivity index is 1.35. The van der Waals surface area contributed by atoms with Crippen LogP contribution in [0.25, 0.3) is 0 Å². The minimum absolute atomic E-state index is 0.00430. The van der Waals surface area contributed by atoms with Crippen molar-refractivity contribution in [3.63, 3.8) is 0 Å². The van der Waals surface area contributed by atoms with Crippen LogP contribution >= 0.6 is 0 Å². The number of hydrogen-bond donors (Lipinski definition) is 1. The number of morpholine rings is 1. The maximum absolute atomic E-state index is 13.3. The van der Waals surface area contributed by atoms with E-state index in [9.17, 15) is 4.79 Å². The van der Waals surface area contributed by atoms with Crippen LogP contribution in [0.2, 0.25) is 0 Å². The second kappa shape index (κ2) is 10.6. The predicted molar refractivity (Wildman–Crippen MR) is 140 cm³/mol. The largest absolute Gasteiger partial charge is 0.373 e. The molecule has 0 aliphatic carbocycles. The number of piperidine rings is 1. The molecule has 2 unspecified atom stereocenters. The molecule has 1 N–H and O–H groups in total. The number of hydrogen-bond acceptors (Lipinski definition) is 6. The standard InChI is InChI=1S/C28H41N5O2/c1-19-16-33(17-20(2)35-19)24-11-13-32(14-12-24)27(34)25-21(3)26(31-18-30-25)29-15-22-7-9-23(10-8-22)28(4,5)6/h7-10,18-20,24H,11-17H2,1-6H3,(H,29,30,31). The van der Waals surface area contributed by atoms with Crippen LogP contribution in [0.4, 0.5) is 5.82 Å². The number of benzene rings is 1. The number of carbonyl (C=O) groups excluding carboxylic acids is 1. The normalized spacial score (nSPS) is 22.3. The Morgan fingerprint density at radius 1 is 1.06 bits per heavy atom. The number of anilines is 1. The van der Waals surface area contributed by atoms with E-state index >= 15 is 0 Å². The Morgan fingerprint density at radius 3 is 2.29 bits per heavy atom. The van der Waals surface area contributed by atoms with Crippen LogP contribution in [0.3, 0.4) is 0 Å². The van der Waals surface area contributed by atoms with Gasteiger partial charge in [0, 0.05) is 44.3 Å². The minimum Gasteiger partial charge on any atom is -0.373 e. The summed E-state index contributed by atoms with van der Waals surface area (Å²) < 4.78 is 5.89. The third-order valence-corrected chi connectivity index (χ3v) is 7.28. The average Bonchev–Trinajstić information content (AvgIpc) is 2.82. The number of ether oxygens (including phenoxy) is 1. The lowest BCUT2D eigenvalue weighted by Crippen LogP contribution is -2.53. The SMILES string of the molecule is Cc1c(NCc2ccc(C(C)(C)C)cc2)ncnc1C(=O)N1CCC(N2CC(C)OC(C)C2)CC1. The van der Waals surface area contributed by atoms with Gasteiger partial charge in [-0.1, -0.05) is 45.0 Å². The van der Waals surface area contributed by atoms with Gasteiger partial charge in [-0.3, -0.25) is 9.69 Å². The molecule has 1 amide bonds. The molecular formula is C28H41N5O2. The van der Waals surface area contributed by atoms with Crippen molar-refractivity contribution in [1.29, 1.82) is 0 Å². The first kappa shape index (κ1) is 25.6. The molecule has 1 aromatic carbocycles. The highest BCUT2D eigenvalue weighted by molar-refractivity contribution is 5.94. The second-order valence-corrected chi connectivity index (χ2v) is 11.2. The molecule has 2 aliphatic rings. The first-order valence-corrected chi connectivity index (χ1v) is 13.0. The Kier molecular flexibility index (Phi) is 7.77. The summed E-state index contributed by atoms with van der Waals surface area (Å²) in [4.78, 5) is 26.6. The molecule has 2 aromatic rings. The van der Waals surface area contributed by atoms with E-state index in [1.54, 1.807) is 0 Å². The van der Waals surface area contributed by atoms with Crippen LogP contribution in [-0.4, -0.2) is 70.1 Å². The zero-order chi connectivity index (χ0) is 25.2. The zero-order valence-corrected chi connectivity index (χ0v) is 22.2. The molecule has 4 rings (SSSR count).